The molecule has 0 fully saturated rings. The van der Waals surface area contributed by atoms with E-state index in [1.54, 1.807) is 31.0 Å². The molecule has 1 N–H and O–H groups in total. The Balaban J connectivity index is 2.32. The van der Waals surface area contributed by atoms with Crippen LogP contribution in [0.2, 0.25) is 5.02 Å². The predicted molar refractivity (Wildman–Crippen MR) is 88.9 cm³/mol. The van der Waals surface area contributed by atoms with Gasteiger partial charge in [-0.1, -0.05) is 17.7 Å². The van der Waals surface area contributed by atoms with E-state index < -0.39 is 0 Å². The number of aryl methyl sites for hydroxylation is 1. The Hall–Kier alpha value is -1.65. The van der Waals surface area contributed by atoms with E-state index >= 15 is 0 Å². The molecule has 0 aromatic heterocycles. The summed E-state index contributed by atoms with van der Waals surface area (Å²) in [5.41, 5.74) is 2.12. The zero-order valence-corrected chi connectivity index (χ0v) is 13.6. The Morgan fingerprint density at radius 2 is 2.00 bits per heavy atom. The second-order valence-corrected chi connectivity index (χ2v) is 5.79. The molecule has 2 rings (SSSR count). The van der Waals surface area contributed by atoms with Crippen molar-refractivity contribution in [2.45, 2.75) is 11.8 Å². The average molecular weight is 322 g/mol. The van der Waals surface area contributed by atoms with E-state index in [1.165, 1.54) is 0 Å². The van der Waals surface area contributed by atoms with E-state index in [0.717, 1.165) is 10.5 Å². The van der Waals surface area contributed by atoms with Crippen LogP contribution in [0.1, 0.15) is 15.9 Å². The Labute approximate surface area is 133 Å². The molecular weight excluding hydrogens is 306 g/mol. The number of carbonyl (C=O) groups excluding carboxylic acids is 1. The summed E-state index contributed by atoms with van der Waals surface area (Å²) >= 11 is 7.68. The fraction of sp³-hybridized carbons (Fsp3) is 0.188. The minimum Gasteiger partial charge on any atom is -0.495 e. The summed E-state index contributed by atoms with van der Waals surface area (Å²) in [5.74, 6) is 0.367. The monoisotopic (exact) mass is 321 g/mol. The molecule has 0 aliphatic carbocycles. The highest BCUT2D eigenvalue weighted by Gasteiger charge is 2.14. The third-order valence-electron chi connectivity index (χ3n) is 3.02. The maximum atomic E-state index is 12.4. The maximum absolute atomic E-state index is 12.4. The van der Waals surface area contributed by atoms with Gasteiger partial charge in [-0.3, -0.25) is 4.79 Å². The van der Waals surface area contributed by atoms with Gasteiger partial charge in [-0.15, -0.1) is 11.8 Å². The van der Waals surface area contributed by atoms with Crippen LogP contribution in [0.4, 0.5) is 5.69 Å². The lowest BCUT2D eigenvalue weighted by atomic mass is 10.1. The van der Waals surface area contributed by atoms with E-state index in [9.17, 15) is 4.79 Å². The van der Waals surface area contributed by atoms with Gasteiger partial charge in [0.05, 0.1) is 23.4 Å². The van der Waals surface area contributed by atoms with Crippen molar-refractivity contribution in [1.82, 2.24) is 0 Å². The van der Waals surface area contributed by atoms with Crippen LogP contribution < -0.4 is 10.1 Å². The van der Waals surface area contributed by atoms with Gasteiger partial charge in [-0.2, -0.15) is 0 Å². The lowest BCUT2D eigenvalue weighted by Gasteiger charge is -2.12. The first-order valence-electron chi connectivity index (χ1n) is 6.34. The number of halogens is 1. The van der Waals surface area contributed by atoms with Crippen LogP contribution in [0.3, 0.4) is 0 Å². The average Bonchev–Trinajstić information content (AvgIpc) is 2.48. The highest BCUT2D eigenvalue weighted by Crippen LogP contribution is 2.28. The standard InChI is InChI=1S/C16H16ClNO2S/c1-10-4-7-15(20-2)14(8-10)18-16(19)12-9-11(21-3)5-6-13(12)17/h4-9H,1-3H3,(H,18,19). The number of thioether (sulfide) groups is 1. The number of amides is 1. The number of nitrogens with one attached hydrogen (secondary N) is 1. The molecule has 110 valence electrons. The number of hydrogen-bond acceptors (Lipinski definition) is 3. The van der Waals surface area contributed by atoms with Gasteiger partial charge in [0.25, 0.3) is 5.91 Å². The maximum Gasteiger partial charge on any atom is 0.257 e. The van der Waals surface area contributed by atoms with Crippen molar-refractivity contribution in [3.05, 3.63) is 52.5 Å². The minimum atomic E-state index is -0.250. The van der Waals surface area contributed by atoms with Crippen molar-refractivity contribution >= 4 is 35.0 Å². The van der Waals surface area contributed by atoms with Crippen LogP contribution in [0.15, 0.2) is 41.3 Å². The number of carbonyl (C=O) groups is 1. The second kappa shape index (κ2) is 6.87. The van der Waals surface area contributed by atoms with Crippen LogP contribution in [-0.2, 0) is 0 Å². The van der Waals surface area contributed by atoms with E-state index in [0.29, 0.717) is 22.0 Å². The van der Waals surface area contributed by atoms with E-state index in [4.69, 9.17) is 16.3 Å². The van der Waals surface area contributed by atoms with Crippen LogP contribution in [0, 0.1) is 6.92 Å². The van der Waals surface area contributed by atoms with Gasteiger partial charge in [0.1, 0.15) is 5.75 Å². The second-order valence-electron chi connectivity index (χ2n) is 4.50. The SMILES string of the molecule is COc1ccc(C)cc1NC(=O)c1cc(SC)ccc1Cl. The topological polar surface area (TPSA) is 38.3 Å². The van der Waals surface area contributed by atoms with E-state index in [2.05, 4.69) is 5.32 Å². The number of methoxy groups -OCH3 is 1. The molecular formula is C16H16ClNO2S. The van der Waals surface area contributed by atoms with Crippen LogP contribution in [-0.4, -0.2) is 19.3 Å². The fourth-order valence-electron chi connectivity index (χ4n) is 1.91. The first-order valence-corrected chi connectivity index (χ1v) is 7.95. The zero-order valence-electron chi connectivity index (χ0n) is 12.1. The Morgan fingerprint density at radius 1 is 1.24 bits per heavy atom. The van der Waals surface area contributed by atoms with Gasteiger partial charge in [-0.05, 0) is 49.1 Å². The highest BCUT2D eigenvalue weighted by molar-refractivity contribution is 7.98. The quantitative estimate of drug-likeness (QED) is 0.834. The van der Waals surface area contributed by atoms with Gasteiger partial charge in [-0.25, -0.2) is 0 Å². The summed E-state index contributed by atoms with van der Waals surface area (Å²) in [6.07, 6.45) is 1.95. The Bertz CT molecular complexity index is 673. The van der Waals surface area contributed by atoms with E-state index in [-0.39, 0.29) is 5.91 Å². The smallest absolute Gasteiger partial charge is 0.257 e. The molecule has 0 heterocycles. The van der Waals surface area contributed by atoms with Gasteiger partial charge < -0.3 is 10.1 Å². The Morgan fingerprint density at radius 3 is 2.67 bits per heavy atom. The van der Waals surface area contributed by atoms with Crippen molar-refractivity contribution in [3.63, 3.8) is 0 Å². The number of hydrogen-bond donors (Lipinski definition) is 1. The molecule has 0 aliphatic heterocycles. The molecule has 0 saturated heterocycles. The van der Waals surface area contributed by atoms with Gasteiger partial charge >= 0.3 is 0 Å². The lowest BCUT2D eigenvalue weighted by molar-refractivity contribution is 0.102. The molecule has 2 aromatic rings. The molecule has 0 saturated carbocycles. The van der Waals surface area contributed by atoms with Gasteiger partial charge in [0.2, 0.25) is 0 Å². The molecule has 0 bridgehead atoms. The first kappa shape index (κ1) is 15.7. The molecule has 21 heavy (non-hydrogen) atoms. The van der Waals surface area contributed by atoms with Crippen LogP contribution in [0.5, 0.6) is 5.75 Å². The summed E-state index contributed by atoms with van der Waals surface area (Å²) in [5, 5.41) is 3.28. The first-order chi connectivity index (χ1) is 10.0. The number of rotatable bonds is 4. The minimum absolute atomic E-state index is 0.250. The normalized spacial score (nSPS) is 10.3. The van der Waals surface area contributed by atoms with Crippen LogP contribution in [0.25, 0.3) is 0 Å². The third-order valence-corrected chi connectivity index (χ3v) is 4.08. The molecule has 0 atom stereocenters. The number of ether oxygens (including phenoxy) is 1. The summed E-state index contributed by atoms with van der Waals surface area (Å²) in [6, 6.07) is 11.0. The largest absolute Gasteiger partial charge is 0.495 e. The van der Waals surface area contributed by atoms with Crippen molar-refractivity contribution < 1.29 is 9.53 Å². The molecule has 2 aromatic carbocycles. The molecule has 5 heteroatoms. The fourth-order valence-corrected chi connectivity index (χ4v) is 2.56. The summed E-state index contributed by atoms with van der Waals surface area (Å²) in [4.78, 5) is 13.4. The lowest BCUT2D eigenvalue weighted by Crippen LogP contribution is -2.13. The third kappa shape index (κ3) is 3.71. The number of anilines is 1. The zero-order chi connectivity index (χ0) is 15.4. The molecule has 0 spiro atoms. The van der Waals surface area contributed by atoms with Gasteiger partial charge in [0, 0.05) is 4.90 Å². The molecule has 1 amide bonds. The summed E-state index contributed by atoms with van der Waals surface area (Å²) in [7, 11) is 1.57. The molecule has 3 nitrogen and oxygen atoms in total. The molecule has 0 radical (unpaired) electrons. The van der Waals surface area contributed by atoms with Crippen LogP contribution >= 0.6 is 23.4 Å². The van der Waals surface area contributed by atoms with Crippen molar-refractivity contribution in [2.24, 2.45) is 0 Å². The van der Waals surface area contributed by atoms with Crippen molar-refractivity contribution in [2.75, 3.05) is 18.7 Å². The number of benzene rings is 2. The van der Waals surface area contributed by atoms with Crippen molar-refractivity contribution in [1.29, 1.82) is 0 Å². The van der Waals surface area contributed by atoms with Crippen molar-refractivity contribution in [3.8, 4) is 5.75 Å². The van der Waals surface area contributed by atoms with Gasteiger partial charge in [0.15, 0.2) is 0 Å². The highest BCUT2D eigenvalue weighted by atomic mass is 35.5. The molecule has 0 unspecified atom stereocenters. The molecule has 0 aliphatic rings. The summed E-state index contributed by atoms with van der Waals surface area (Å²) in [6.45, 7) is 1.95. The predicted octanol–water partition coefficient (Wildman–Crippen LogP) is 4.63. The summed E-state index contributed by atoms with van der Waals surface area (Å²) < 4.78 is 5.26. The Kier molecular flexibility index (Phi) is 5.15. The van der Waals surface area contributed by atoms with E-state index in [1.807, 2.05) is 37.4 Å².